The molecule has 0 saturated heterocycles. The van der Waals surface area contributed by atoms with Gasteiger partial charge >= 0.3 is 24.1 Å². The minimum atomic E-state index is -4.73. The number of ether oxygens (including phenoxy) is 2. The van der Waals surface area contributed by atoms with Gasteiger partial charge in [-0.05, 0) is 18.2 Å². The molecule has 3 aromatic heterocycles. The monoisotopic (exact) mass is 437 g/mol. The molecule has 13 heteroatoms. The molecular weight excluding hydrogens is 423 g/mol. The Hall–Kier alpha value is -4.03. The van der Waals surface area contributed by atoms with Crippen molar-refractivity contribution in [3.8, 4) is 11.4 Å². The lowest BCUT2D eigenvalue weighted by Gasteiger charge is -2.07. The molecule has 31 heavy (non-hydrogen) atoms. The fourth-order valence-corrected chi connectivity index (χ4v) is 2.22. The van der Waals surface area contributed by atoms with E-state index in [1.807, 2.05) is 0 Å². The van der Waals surface area contributed by atoms with Crippen molar-refractivity contribution >= 4 is 12.1 Å². The third-order valence-corrected chi connectivity index (χ3v) is 3.75. The number of alkyl carbamates (subject to hydrolysis) is 1. The first-order chi connectivity index (χ1) is 14.8. The number of carbonyl (C=O) groups is 2. The van der Waals surface area contributed by atoms with Crippen LogP contribution in [0.15, 0.2) is 41.2 Å². The summed E-state index contributed by atoms with van der Waals surface area (Å²) in [5, 5.41) is 5.74. The van der Waals surface area contributed by atoms with Gasteiger partial charge in [-0.2, -0.15) is 18.2 Å². The molecule has 0 unspecified atom stereocenters. The maximum Gasteiger partial charge on any atom is 0.471 e. The molecule has 0 aliphatic heterocycles. The van der Waals surface area contributed by atoms with Gasteiger partial charge in [0.05, 0.1) is 19.3 Å². The molecular formula is C18H14F3N5O5. The second kappa shape index (κ2) is 9.19. The number of amides is 1. The fourth-order valence-electron chi connectivity index (χ4n) is 2.22. The Morgan fingerprint density at radius 3 is 2.52 bits per heavy atom. The lowest BCUT2D eigenvalue weighted by molar-refractivity contribution is -0.159. The van der Waals surface area contributed by atoms with E-state index in [9.17, 15) is 22.8 Å². The number of hydrogen-bond donors (Lipinski definition) is 1. The minimum Gasteiger partial charge on any atom is -0.464 e. The number of halogens is 3. The molecule has 3 aromatic rings. The lowest BCUT2D eigenvalue weighted by atomic mass is 10.2. The van der Waals surface area contributed by atoms with Gasteiger partial charge in [-0.25, -0.2) is 14.6 Å². The SMILES string of the molecule is COC(=O)c1ccc(COC(=O)NCc2ccc(-c3noc(C(F)(F)F)n3)cn2)cn1. The van der Waals surface area contributed by atoms with Crippen molar-refractivity contribution < 1.29 is 36.8 Å². The van der Waals surface area contributed by atoms with E-state index in [-0.39, 0.29) is 30.2 Å². The highest BCUT2D eigenvalue weighted by atomic mass is 19.4. The van der Waals surface area contributed by atoms with Crippen molar-refractivity contribution in [2.24, 2.45) is 0 Å². The van der Waals surface area contributed by atoms with Gasteiger partial charge in [0.15, 0.2) is 0 Å². The summed E-state index contributed by atoms with van der Waals surface area (Å²) < 4.78 is 51.3. The maximum absolute atomic E-state index is 12.5. The molecule has 10 nitrogen and oxygen atoms in total. The number of hydrogen-bond acceptors (Lipinski definition) is 9. The largest absolute Gasteiger partial charge is 0.471 e. The Morgan fingerprint density at radius 1 is 1.13 bits per heavy atom. The fraction of sp³-hybridized carbons (Fsp3) is 0.222. The minimum absolute atomic E-state index is 0.0126. The molecule has 1 N–H and O–H groups in total. The van der Waals surface area contributed by atoms with E-state index in [2.05, 4.69) is 34.7 Å². The number of nitrogens with one attached hydrogen (secondary N) is 1. The first-order valence-corrected chi connectivity index (χ1v) is 8.56. The average molecular weight is 437 g/mol. The summed E-state index contributed by atoms with van der Waals surface area (Å²) in [6.45, 7) is -0.0648. The number of aromatic nitrogens is 4. The summed E-state index contributed by atoms with van der Waals surface area (Å²) in [4.78, 5) is 34.3. The number of carbonyl (C=O) groups excluding carboxylic acids is 2. The summed E-state index contributed by atoms with van der Waals surface area (Å²) >= 11 is 0. The van der Waals surface area contributed by atoms with Crippen molar-refractivity contribution in [2.45, 2.75) is 19.3 Å². The van der Waals surface area contributed by atoms with Crippen molar-refractivity contribution in [3.63, 3.8) is 0 Å². The number of rotatable bonds is 6. The highest BCUT2D eigenvalue weighted by molar-refractivity contribution is 5.86. The van der Waals surface area contributed by atoms with Gasteiger partial charge in [-0.1, -0.05) is 11.2 Å². The zero-order chi connectivity index (χ0) is 22.4. The molecule has 0 radical (unpaired) electrons. The summed E-state index contributed by atoms with van der Waals surface area (Å²) in [5.41, 5.74) is 1.32. The predicted molar refractivity (Wildman–Crippen MR) is 95.1 cm³/mol. The van der Waals surface area contributed by atoms with Gasteiger partial charge in [0, 0.05) is 23.5 Å². The number of alkyl halides is 3. The summed E-state index contributed by atoms with van der Waals surface area (Å²) in [6.07, 6.45) is -2.83. The van der Waals surface area contributed by atoms with Gasteiger partial charge < -0.3 is 19.3 Å². The maximum atomic E-state index is 12.5. The second-order valence-corrected chi connectivity index (χ2v) is 5.93. The molecule has 0 aliphatic rings. The van der Waals surface area contributed by atoms with E-state index >= 15 is 0 Å². The first-order valence-electron chi connectivity index (χ1n) is 8.56. The van der Waals surface area contributed by atoms with Crippen molar-refractivity contribution in [1.82, 2.24) is 25.4 Å². The van der Waals surface area contributed by atoms with E-state index < -0.39 is 24.1 Å². The highest BCUT2D eigenvalue weighted by Crippen LogP contribution is 2.29. The van der Waals surface area contributed by atoms with Gasteiger partial charge in [-0.3, -0.25) is 4.98 Å². The van der Waals surface area contributed by atoms with Crippen molar-refractivity contribution in [1.29, 1.82) is 0 Å². The molecule has 0 bridgehead atoms. The number of esters is 1. The Bertz CT molecular complexity index is 1050. The van der Waals surface area contributed by atoms with Gasteiger partial charge in [-0.15, -0.1) is 0 Å². The van der Waals surface area contributed by atoms with Crippen LogP contribution in [0.2, 0.25) is 0 Å². The molecule has 0 spiro atoms. The first kappa shape index (κ1) is 21.7. The van der Waals surface area contributed by atoms with Crippen LogP contribution >= 0.6 is 0 Å². The quantitative estimate of drug-likeness (QED) is 0.579. The Morgan fingerprint density at radius 2 is 1.94 bits per heavy atom. The van der Waals surface area contributed by atoms with Gasteiger partial charge in [0.1, 0.15) is 12.3 Å². The Kier molecular flexibility index (Phi) is 6.43. The number of nitrogens with zero attached hydrogens (tertiary/aromatic N) is 4. The zero-order valence-corrected chi connectivity index (χ0v) is 15.8. The van der Waals surface area contributed by atoms with Gasteiger partial charge in [0.2, 0.25) is 5.82 Å². The van der Waals surface area contributed by atoms with Crippen LogP contribution in [0.5, 0.6) is 0 Å². The smallest absolute Gasteiger partial charge is 0.464 e. The topological polar surface area (TPSA) is 129 Å². The third-order valence-electron chi connectivity index (χ3n) is 3.75. The molecule has 0 fully saturated rings. The Labute approximate surface area is 172 Å². The van der Waals surface area contributed by atoms with Crippen LogP contribution in [0.3, 0.4) is 0 Å². The molecule has 162 valence electrons. The third kappa shape index (κ3) is 5.74. The second-order valence-electron chi connectivity index (χ2n) is 5.93. The molecule has 3 rings (SSSR count). The Balaban J connectivity index is 1.48. The highest BCUT2D eigenvalue weighted by Gasteiger charge is 2.38. The van der Waals surface area contributed by atoms with Crippen LogP contribution in [0.25, 0.3) is 11.4 Å². The number of methoxy groups -OCH3 is 1. The molecule has 0 aromatic carbocycles. The van der Waals surface area contributed by atoms with Crippen LogP contribution in [0.4, 0.5) is 18.0 Å². The lowest BCUT2D eigenvalue weighted by Crippen LogP contribution is -2.24. The summed E-state index contributed by atoms with van der Waals surface area (Å²) in [6, 6.07) is 5.92. The average Bonchev–Trinajstić information content (AvgIpc) is 3.27. The van der Waals surface area contributed by atoms with Crippen LogP contribution < -0.4 is 5.32 Å². The number of pyridine rings is 2. The predicted octanol–water partition coefficient (Wildman–Crippen LogP) is 2.76. The molecule has 0 atom stereocenters. The molecule has 3 heterocycles. The van der Waals surface area contributed by atoms with Crippen LogP contribution in [0.1, 0.15) is 27.6 Å². The van der Waals surface area contributed by atoms with Crippen LogP contribution in [-0.4, -0.2) is 39.3 Å². The zero-order valence-electron chi connectivity index (χ0n) is 15.8. The van der Waals surface area contributed by atoms with E-state index in [4.69, 9.17) is 4.74 Å². The van der Waals surface area contributed by atoms with Crippen LogP contribution in [0, 0.1) is 0 Å². The van der Waals surface area contributed by atoms with E-state index in [0.29, 0.717) is 11.3 Å². The molecule has 1 amide bonds. The van der Waals surface area contributed by atoms with Gasteiger partial charge in [0.25, 0.3) is 0 Å². The van der Waals surface area contributed by atoms with Crippen LogP contribution in [-0.2, 0) is 28.8 Å². The normalized spacial score (nSPS) is 11.1. The van der Waals surface area contributed by atoms with E-state index in [0.717, 1.165) is 0 Å². The van der Waals surface area contributed by atoms with Crippen molar-refractivity contribution in [2.75, 3.05) is 7.11 Å². The molecule has 0 saturated carbocycles. The summed E-state index contributed by atoms with van der Waals surface area (Å²) in [7, 11) is 1.24. The van der Waals surface area contributed by atoms with E-state index in [1.54, 1.807) is 6.07 Å². The molecule has 0 aliphatic carbocycles. The summed E-state index contributed by atoms with van der Waals surface area (Å²) in [5.74, 6) is -2.29. The van der Waals surface area contributed by atoms with Crippen molar-refractivity contribution in [3.05, 3.63) is 59.5 Å². The standard InChI is InChI=1S/C18H14F3N5O5/c1-29-15(27)13-5-2-10(6-23-13)9-30-17(28)24-8-12-4-3-11(7-22-12)14-25-16(31-26-14)18(19,20)21/h2-7H,8-9H2,1H3,(H,24,28). The van der Waals surface area contributed by atoms with E-state index in [1.165, 1.54) is 37.7 Å².